The molecule has 5 heteroatoms. The van der Waals surface area contributed by atoms with Crippen molar-refractivity contribution < 1.29 is 0 Å². The van der Waals surface area contributed by atoms with Crippen molar-refractivity contribution in [1.29, 1.82) is 0 Å². The van der Waals surface area contributed by atoms with E-state index in [9.17, 15) is 0 Å². The molecule has 0 aliphatic carbocycles. The third kappa shape index (κ3) is 3.42. The highest BCUT2D eigenvalue weighted by Gasteiger charge is 2.26. The summed E-state index contributed by atoms with van der Waals surface area (Å²) in [6.07, 6.45) is 5.83. The molecule has 0 N–H and O–H groups in total. The van der Waals surface area contributed by atoms with E-state index in [4.69, 9.17) is 9.97 Å². The molecule has 0 saturated carbocycles. The summed E-state index contributed by atoms with van der Waals surface area (Å²) in [7, 11) is 0. The summed E-state index contributed by atoms with van der Waals surface area (Å²) >= 11 is 1.90. The molecule has 2 aromatic heterocycles. The number of aromatic nitrogens is 2. The SMILES string of the molecule is CCN1CCc2c(sc3nc(Cc4ccccc4)nc(N4CCCCC4)c23)C1. The van der Waals surface area contributed by atoms with Crippen LogP contribution in [-0.4, -0.2) is 41.0 Å². The van der Waals surface area contributed by atoms with Crippen molar-refractivity contribution in [3.8, 4) is 0 Å². The molecular formula is C23H28N4S. The predicted octanol–water partition coefficient (Wildman–Crippen LogP) is 4.65. The highest BCUT2D eigenvalue weighted by atomic mass is 32.1. The molecule has 2 aliphatic rings. The summed E-state index contributed by atoms with van der Waals surface area (Å²) in [5.74, 6) is 2.17. The van der Waals surface area contributed by atoms with E-state index in [0.29, 0.717) is 0 Å². The van der Waals surface area contributed by atoms with Crippen LogP contribution in [0.1, 0.15) is 48.0 Å². The Morgan fingerprint density at radius 1 is 1.00 bits per heavy atom. The fourth-order valence-corrected chi connectivity index (χ4v) is 5.81. The van der Waals surface area contributed by atoms with Crippen molar-refractivity contribution in [2.75, 3.05) is 31.1 Å². The Bertz CT molecular complexity index is 960. The Labute approximate surface area is 171 Å². The number of rotatable bonds is 4. The number of hydrogen-bond acceptors (Lipinski definition) is 5. The monoisotopic (exact) mass is 392 g/mol. The van der Waals surface area contributed by atoms with Crippen molar-refractivity contribution >= 4 is 27.4 Å². The second kappa shape index (κ2) is 7.80. The molecule has 0 radical (unpaired) electrons. The van der Waals surface area contributed by atoms with Crippen LogP contribution in [0, 0.1) is 0 Å². The first-order valence-electron chi connectivity index (χ1n) is 10.6. The van der Waals surface area contributed by atoms with Gasteiger partial charge in [-0.05, 0) is 43.4 Å². The van der Waals surface area contributed by atoms with Gasteiger partial charge in [0.15, 0.2) is 0 Å². The first kappa shape index (κ1) is 18.1. The molecule has 1 fully saturated rings. The summed E-state index contributed by atoms with van der Waals surface area (Å²) in [5.41, 5.74) is 2.81. The summed E-state index contributed by atoms with van der Waals surface area (Å²) < 4.78 is 0. The van der Waals surface area contributed by atoms with Crippen molar-refractivity contribution in [2.24, 2.45) is 0 Å². The molecule has 146 valence electrons. The van der Waals surface area contributed by atoms with Crippen LogP contribution in [0.15, 0.2) is 30.3 Å². The van der Waals surface area contributed by atoms with Gasteiger partial charge in [0.1, 0.15) is 16.5 Å². The van der Waals surface area contributed by atoms with Crippen molar-refractivity contribution in [2.45, 2.75) is 45.6 Å². The van der Waals surface area contributed by atoms with E-state index < -0.39 is 0 Å². The molecule has 0 spiro atoms. The Balaban J connectivity index is 1.61. The van der Waals surface area contributed by atoms with Gasteiger partial charge in [-0.15, -0.1) is 11.3 Å². The summed E-state index contributed by atoms with van der Waals surface area (Å²) in [4.78, 5) is 18.0. The van der Waals surface area contributed by atoms with E-state index in [0.717, 1.165) is 51.4 Å². The molecule has 4 nitrogen and oxygen atoms in total. The molecule has 0 unspecified atom stereocenters. The van der Waals surface area contributed by atoms with Gasteiger partial charge in [0, 0.05) is 37.5 Å². The smallest absolute Gasteiger partial charge is 0.141 e. The highest BCUT2D eigenvalue weighted by molar-refractivity contribution is 7.19. The minimum absolute atomic E-state index is 0.807. The Morgan fingerprint density at radius 2 is 1.82 bits per heavy atom. The Morgan fingerprint density at radius 3 is 2.61 bits per heavy atom. The fourth-order valence-electron chi connectivity index (χ4n) is 4.53. The number of nitrogens with zero attached hydrogens (tertiary/aromatic N) is 4. The van der Waals surface area contributed by atoms with Crippen LogP contribution in [0.5, 0.6) is 0 Å². The van der Waals surface area contributed by atoms with Crippen LogP contribution in [0.2, 0.25) is 0 Å². The molecule has 0 atom stereocenters. The van der Waals surface area contributed by atoms with Crippen LogP contribution in [0.25, 0.3) is 10.2 Å². The van der Waals surface area contributed by atoms with Gasteiger partial charge < -0.3 is 4.90 Å². The quantitative estimate of drug-likeness (QED) is 0.647. The van der Waals surface area contributed by atoms with Crippen LogP contribution in [-0.2, 0) is 19.4 Å². The highest BCUT2D eigenvalue weighted by Crippen LogP contribution is 2.39. The largest absolute Gasteiger partial charge is 0.356 e. The number of thiophene rings is 1. The van der Waals surface area contributed by atoms with E-state index in [1.807, 2.05) is 11.3 Å². The molecule has 28 heavy (non-hydrogen) atoms. The lowest BCUT2D eigenvalue weighted by Crippen LogP contribution is -2.31. The Hall–Kier alpha value is -1.98. The first-order chi connectivity index (χ1) is 13.8. The topological polar surface area (TPSA) is 32.3 Å². The zero-order valence-electron chi connectivity index (χ0n) is 16.7. The van der Waals surface area contributed by atoms with E-state index in [1.54, 1.807) is 0 Å². The van der Waals surface area contributed by atoms with Crippen LogP contribution in [0.3, 0.4) is 0 Å². The summed E-state index contributed by atoms with van der Waals surface area (Å²) in [5, 5.41) is 1.36. The van der Waals surface area contributed by atoms with E-state index in [2.05, 4.69) is 47.1 Å². The van der Waals surface area contributed by atoms with Crippen LogP contribution < -0.4 is 4.90 Å². The van der Waals surface area contributed by atoms with Crippen LogP contribution in [0.4, 0.5) is 5.82 Å². The van der Waals surface area contributed by atoms with Crippen molar-refractivity contribution in [1.82, 2.24) is 14.9 Å². The van der Waals surface area contributed by atoms with Gasteiger partial charge in [0.2, 0.25) is 0 Å². The molecule has 1 saturated heterocycles. The standard InChI is InChI=1S/C23H28N4S/c1-2-26-14-11-18-19(16-26)28-23-21(18)22(27-12-7-4-8-13-27)24-20(25-23)15-17-9-5-3-6-10-17/h3,5-6,9-10H,2,4,7-8,11-16H2,1H3. The number of piperidine rings is 1. The maximum atomic E-state index is 5.15. The van der Waals surface area contributed by atoms with E-state index in [1.165, 1.54) is 51.3 Å². The normalized spacial score (nSPS) is 17.8. The maximum absolute atomic E-state index is 5.15. The molecule has 0 amide bonds. The third-order valence-corrected chi connectivity index (χ3v) is 7.23. The number of fused-ring (bicyclic) bond motifs is 3. The summed E-state index contributed by atoms with van der Waals surface area (Å²) in [6, 6.07) is 10.6. The van der Waals surface area contributed by atoms with Gasteiger partial charge in [-0.2, -0.15) is 0 Å². The molecule has 0 bridgehead atoms. The van der Waals surface area contributed by atoms with Crippen molar-refractivity contribution in [3.05, 3.63) is 52.2 Å². The number of likely N-dealkylation sites (N-methyl/N-ethyl adjacent to an activating group) is 1. The molecule has 5 rings (SSSR count). The zero-order valence-corrected chi connectivity index (χ0v) is 17.5. The molecular weight excluding hydrogens is 364 g/mol. The first-order valence-corrected chi connectivity index (χ1v) is 11.5. The van der Waals surface area contributed by atoms with Gasteiger partial charge in [0.05, 0.1) is 5.39 Å². The number of hydrogen-bond donors (Lipinski definition) is 0. The molecule has 4 heterocycles. The maximum Gasteiger partial charge on any atom is 0.141 e. The zero-order chi connectivity index (χ0) is 18.9. The lowest BCUT2D eigenvalue weighted by molar-refractivity contribution is 0.272. The fraction of sp³-hybridized carbons (Fsp3) is 0.478. The average molecular weight is 393 g/mol. The van der Waals surface area contributed by atoms with Gasteiger partial charge in [-0.3, -0.25) is 4.90 Å². The lowest BCUT2D eigenvalue weighted by Gasteiger charge is -2.30. The molecule has 3 aromatic rings. The van der Waals surface area contributed by atoms with Gasteiger partial charge >= 0.3 is 0 Å². The van der Waals surface area contributed by atoms with Crippen LogP contribution >= 0.6 is 11.3 Å². The molecule has 1 aromatic carbocycles. The summed E-state index contributed by atoms with van der Waals surface area (Å²) in [6.45, 7) is 7.86. The molecule has 2 aliphatic heterocycles. The van der Waals surface area contributed by atoms with Gasteiger partial charge in [-0.25, -0.2) is 9.97 Å². The predicted molar refractivity (Wildman–Crippen MR) is 117 cm³/mol. The number of anilines is 1. The second-order valence-corrected chi connectivity index (χ2v) is 9.06. The minimum Gasteiger partial charge on any atom is -0.356 e. The number of benzene rings is 1. The lowest BCUT2D eigenvalue weighted by atomic mass is 10.0. The van der Waals surface area contributed by atoms with E-state index >= 15 is 0 Å². The third-order valence-electron chi connectivity index (χ3n) is 6.11. The minimum atomic E-state index is 0.807. The van der Waals surface area contributed by atoms with Crippen molar-refractivity contribution in [3.63, 3.8) is 0 Å². The Kier molecular flexibility index (Phi) is 5.03. The average Bonchev–Trinajstić information content (AvgIpc) is 3.12. The van der Waals surface area contributed by atoms with E-state index in [-0.39, 0.29) is 0 Å². The van der Waals surface area contributed by atoms with Gasteiger partial charge in [0.25, 0.3) is 0 Å². The second-order valence-electron chi connectivity index (χ2n) is 7.98. The van der Waals surface area contributed by atoms with Gasteiger partial charge in [-0.1, -0.05) is 37.3 Å².